The molecule has 19 heavy (non-hydrogen) atoms. The van der Waals surface area contributed by atoms with E-state index < -0.39 is 0 Å². The van der Waals surface area contributed by atoms with Crippen molar-refractivity contribution in [1.29, 1.82) is 0 Å². The van der Waals surface area contributed by atoms with Crippen molar-refractivity contribution in [3.8, 4) is 0 Å². The summed E-state index contributed by atoms with van der Waals surface area (Å²) in [5.74, 6) is 0.351. The van der Waals surface area contributed by atoms with Gasteiger partial charge >= 0.3 is 0 Å². The van der Waals surface area contributed by atoms with Crippen LogP contribution in [0, 0.1) is 12.3 Å². The third-order valence-electron chi connectivity index (χ3n) is 4.86. The maximum atomic E-state index is 12.3. The van der Waals surface area contributed by atoms with Crippen LogP contribution in [0.4, 0.5) is 0 Å². The normalized spacial score (nSPS) is 23.4. The van der Waals surface area contributed by atoms with E-state index in [-0.39, 0.29) is 5.41 Å². The molecule has 0 bridgehead atoms. The van der Waals surface area contributed by atoms with Crippen molar-refractivity contribution >= 4 is 5.78 Å². The molecule has 1 fully saturated rings. The quantitative estimate of drug-likeness (QED) is 0.730. The van der Waals surface area contributed by atoms with E-state index in [1.165, 1.54) is 43.5 Å². The van der Waals surface area contributed by atoms with Gasteiger partial charge in [-0.3, -0.25) is 4.79 Å². The zero-order valence-corrected chi connectivity index (χ0v) is 12.5. The van der Waals surface area contributed by atoms with E-state index in [1.807, 2.05) is 0 Å². The summed E-state index contributed by atoms with van der Waals surface area (Å²) in [7, 11) is 0. The third-order valence-corrected chi connectivity index (χ3v) is 4.86. The fourth-order valence-corrected chi connectivity index (χ4v) is 4.02. The van der Waals surface area contributed by atoms with Gasteiger partial charge in [-0.1, -0.05) is 33.1 Å². The molecule has 0 saturated heterocycles. The summed E-state index contributed by atoms with van der Waals surface area (Å²) < 4.78 is 2.51. The predicted molar refractivity (Wildman–Crippen MR) is 77.7 cm³/mol. The number of fused-ring (bicyclic) bond motifs is 1. The van der Waals surface area contributed by atoms with E-state index in [9.17, 15) is 4.79 Å². The lowest BCUT2D eigenvalue weighted by molar-refractivity contribution is 0.0909. The Morgan fingerprint density at radius 1 is 1.16 bits per heavy atom. The monoisotopic (exact) mass is 259 g/mol. The number of rotatable bonds is 1. The van der Waals surface area contributed by atoms with Gasteiger partial charge in [0.1, 0.15) is 0 Å². The van der Waals surface area contributed by atoms with Crippen LogP contribution in [-0.4, -0.2) is 10.4 Å². The van der Waals surface area contributed by atoms with Gasteiger partial charge in [-0.05, 0) is 37.7 Å². The number of Topliss-reactive ketones (excluding diaryl/α,β-unsaturated/α-hetero) is 1. The van der Waals surface area contributed by atoms with Gasteiger partial charge in [0.05, 0.1) is 0 Å². The topological polar surface area (TPSA) is 22.0 Å². The number of hydrogen-bond donors (Lipinski definition) is 0. The molecule has 104 valence electrons. The van der Waals surface area contributed by atoms with Gasteiger partial charge in [-0.2, -0.15) is 0 Å². The minimum absolute atomic E-state index is 0.126. The van der Waals surface area contributed by atoms with Crippen LogP contribution in [0.3, 0.4) is 0 Å². The molecule has 2 aliphatic carbocycles. The first-order valence-corrected chi connectivity index (χ1v) is 7.72. The molecular formula is C17H25NO. The molecule has 0 unspecified atom stereocenters. The van der Waals surface area contributed by atoms with Crippen molar-refractivity contribution in [2.75, 3.05) is 0 Å². The molecule has 0 amide bonds. The first-order chi connectivity index (χ1) is 8.98. The molecule has 0 radical (unpaired) electrons. The Hall–Kier alpha value is -1.05. The molecule has 2 nitrogen and oxygen atoms in total. The Bertz CT molecular complexity index is 504. The number of aryl methyl sites for hydroxylation is 1. The fraction of sp³-hybridized carbons (Fsp3) is 0.706. The van der Waals surface area contributed by atoms with E-state index in [1.54, 1.807) is 0 Å². The Balaban J connectivity index is 2.04. The lowest BCUT2D eigenvalue weighted by atomic mass is 9.76. The summed E-state index contributed by atoms with van der Waals surface area (Å²) in [5, 5.41) is 0. The van der Waals surface area contributed by atoms with Gasteiger partial charge in [0.15, 0.2) is 5.78 Å². The van der Waals surface area contributed by atoms with Crippen LogP contribution in [0.2, 0.25) is 0 Å². The van der Waals surface area contributed by atoms with Gasteiger partial charge in [0, 0.05) is 29.4 Å². The Kier molecular flexibility index (Phi) is 3.07. The van der Waals surface area contributed by atoms with Crippen molar-refractivity contribution < 1.29 is 4.79 Å². The minimum atomic E-state index is 0.126. The van der Waals surface area contributed by atoms with Gasteiger partial charge in [-0.15, -0.1) is 0 Å². The Morgan fingerprint density at radius 3 is 2.53 bits per heavy atom. The average molecular weight is 259 g/mol. The SMILES string of the molecule is Cc1cc2c(n1C1CCCCC1)CC(C)(C)CC2=O. The fourth-order valence-electron chi connectivity index (χ4n) is 4.02. The van der Waals surface area contributed by atoms with Crippen LogP contribution < -0.4 is 0 Å². The summed E-state index contributed by atoms with van der Waals surface area (Å²) in [5.41, 5.74) is 3.76. The van der Waals surface area contributed by atoms with Crippen LogP contribution in [-0.2, 0) is 6.42 Å². The lowest BCUT2D eigenvalue weighted by Gasteiger charge is -2.33. The van der Waals surface area contributed by atoms with Gasteiger partial charge in [0.25, 0.3) is 0 Å². The number of nitrogens with zero attached hydrogens (tertiary/aromatic N) is 1. The molecule has 2 aliphatic rings. The molecule has 1 aromatic heterocycles. The molecule has 0 aromatic carbocycles. The molecule has 0 atom stereocenters. The van der Waals surface area contributed by atoms with Crippen molar-refractivity contribution in [2.45, 2.75) is 71.8 Å². The highest BCUT2D eigenvalue weighted by Gasteiger charge is 2.35. The third kappa shape index (κ3) is 2.26. The predicted octanol–water partition coefficient (Wildman–Crippen LogP) is 4.46. The van der Waals surface area contributed by atoms with Gasteiger partial charge < -0.3 is 4.57 Å². The number of hydrogen-bond acceptors (Lipinski definition) is 1. The zero-order chi connectivity index (χ0) is 13.6. The summed E-state index contributed by atoms with van der Waals surface area (Å²) in [6, 6.07) is 2.78. The van der Waals surface area contributed by atoms with E-state index >= 15 is 0 Å². The van der Waals surface area contributed by atoms with Crippen molar-refractivity contribution in [2.24, 2.45) is 5.41 Å². The first-order valence-electron chi connectivity index (χ1n) is 7.72. The molecule has 0 spiro atoms. The van der Waals surface area contributed by atoms with E-state index in [4.69, 9.17) is 0 Å². The van der Waals surface area contributed by atoms with Crippen LogP contribution in [0.5, 0.6) is 0 Å². The van der Waals surface area contributed by atoms with Crippen molar-refractivity contribution in [3.63, 3.8) is 0 Å². The van der Waals surface area contributed by atoms with Crippen LogP contribution in [0.15, 0.2) is 6.07 Å². The number of ketones is 1. The molecule has 1 aromatic rings. The molecular weight excluding hydrogens is 234 g/mol. The standard InChI is InChI=1S/C17H25NO/c1-12-9-14-15(10-17(2,3)11-16(14)19)18(12)13-7-5-4-6-8-13/h9,13H,4-8,10-11H2,1-3H3. The second-order valence-corrected chi connectivity index (χ2v) is 7.25. The lowest BCUT2D eigenvalue weighted by Crippen LogP contribution is -2.29. The highest BCUT2D eigenvalue weighted by molar-refractivity contribution is 5.99. The second kappa shape index (κ2) is 4.50. The van der Waals surface area contributed by atoms with E-state index in [2.05, 4.69) is 31.4 Å². The second-order valence-electron chi connectivity index (χ2n) is 7.25. The largest absolute Gasteiger partial charge is 0.345 e. The highest BCUT2D eigenvalue weighted by Crippen LogP contribution is 2.40. The molecule has 2 heteroatoms. The van der Waals surface area contributed by atoms with Crippen molar-refractivity contribution in [3.05, 3.63) is 23.0 Å². The summed E-state index contributed by atoms with van der Waals surface area (Å²) >= 11 is 0. The maximum Gasteiger partial charge on any atom is 0.165 e. The molecule has 1 heterocycles. The molecule has 1 saturated carbocycles. The van der Waals surface area contributed by atoms with E-state index in [0.717, 1.165) is 12.0 Å². The summed E-state index contributed by atoms with van der Waals surface area (Å²) in [4.78, 5) is 12.3. The number of carbonyl (C=O) groups excluding carboxylic acids is 1. The Labute approximate surface area is 116 Å². The highest BCUT2D eigenvalue weighted by atomic mass is 16.1. The van der Waals surface area contributed by atoms with Crippen LogP contribution >= 0.6 is 0 Å². The first kappa shape index (κ1) is 13.0. The summed E-state index contributed by atoms with van der Waals surface area (Å²) in [6.07, 6.45) is 8.39. The maximum absolute atomic E-state index is 12.3. The van der Waals surface area contributed by atoms with Crippen LogP contribution in [0.1, 0.15) is 80.2 Å². The Morgan fingerprint density at radius 2 is 1.84 bits per heavy atom. The molecule has 0 N–H and O–H groups in total. The number of aromatic nitrogens is 1. The average Bonchev–Trinajstić information content (AvgIpc) is 2.65. The van der Waals surface area contributed by atoms with Crippen LogP contribution in [0.25, 0.3) is 0 Å². The smallest absolute Gasteiger partial charge is 0.165 e. The zero-order valence-electron chi connectivity index (χ0n) is 12.5. The molecule has 0 aliphatic heterocycles. The van der Waals surface area contributed by atoms with Gasteiger partial charge in [-0.25, -0.2) is 0 Å². The van der Waals surface area contributed by atoms with Crippen molar-refractivity contribution in [1.82, 2.24) is 4.57 Å². The molecule has 3 rings (SSSR count). The number of carbonyl (C=O) groups is 1. The van der Waals surface area contributed by atoms with Gasteiger partial charge in [0.2, 0.25) is 0 Å². The minimum Gasteiger partial charge on any atom is -0.345 e. The summed E-state index contributed by atoms with van der Waals surface area (Å²) in [6.45, 7) is 6.62. The van der Waals surface area contributed by atoms with E-state index in [0.29, 0.717) is 18.2 Å².